The van der Waals surface area contributed by atoms with Crippen molar-refractivity contribution >= 4 is 0 Å². The van der Waals surface area contributed by atoms with Crippen LogP contribution in [0.3, 0.4) is 0 Å². The minimum atomic E-state index is 0.592. The second kappa shape index (κ2) is 1.22. The smallest absolute Gasteiger partial charge is 0.00436 e. The molecule has 2 N–H and O–H groups in total. The molecule has 0 bridgehead atoms. The van der Waals surface area contributed by atoms with Crippen LogP contribution in [0.1, 0.15) is 20.3 Å². The van der Waals surface area contributed by atoms with Crippen LogP contribution in [0.25, 0.3) is 0 Å². The molecule has 1 aliphatic carbocycles. The minimum absolute atomic E-state index is 0.592. The van der Waals surface area contributed by atoms with Crippen molar-refractivity contribution in [2.45, 2.75) is 20.3 Å². The van der Waals surface area contributed by atoms with Gasteiger partial charge in [-0.05, 0) is 24.3 Å². The third kappa shape index (κ3) is 0.778. The molecule has 0 aromatic rings. The molecule has 0 spiro atoms. The summed E-state index contributed by atoms with van der Waals surface area (Å²) in [5.74, 6) is 0.826. The molecule has 7 heavy (non-hydrogen) atoms. The van der Waals surface area contributed by atoms with Crippen LogP contribution in [0.15, 0.2) is 0 Å². The zero-order valence-electron chi connectivity index (χ0n) is 5.07. The van der Waals surface area contributed by atoms with Crippen molar-refractivity contribution in [1.82, 2.24) is 0 Å². The molecule has 1 atom stereocenters. The van der Waals surface area contributed by atoms with E-state index in [-0.39, 0.29) is 0 Å². The van der Waals surface area contributed by atoms with E-state index in [9.17, 15) is 0 Å². The summed E-state index contributed by atoms with van der Waals surface area (Å²) in [5, 5.41) is 0. The van der Waals surface area contributed by atoms with Crippen LogP contribution < -0.4 is 5.73 Å². The van der Waals surface area contributed by atoms with E-state index in [1.807, 2.05) is 0 Å². The standard InChI is InChI=1S/C6H13N/c1-6(2)3-5(6)4-7/h5H,3-4,7H2,1-2H3/t5-/m1/s1. The van der Waals surface area contributed by atoms with Gasteiger partial charge in [-0.3, -0.25) is 0 Å². The highest BCUT2D eigenvalue weighted by Crippen LogP contribution is 2.50. The van der Waals surface area contributed by atoms with E-state index < -0.39 is 0 Å². The van der Waals surface area contributed by atoms with Crippen molar-refractivity contribution in [3.05, 3.63) is 0 Å². The minimum Gasteiger partial charge on any atom is -0.330 e. The number of hydrogen-bond donors (Lipinski definition) is 1. The topological polar surface area (TPSA) is 26.0 Å². The van der Waals surface area contributed by atoms with E-state index in [0.29, 0.717) is 5.41 Å². The van der Waals surface area contributed by atoms with Crippen molar-refractivity contribution in [3.8, 4) is 0 Å². The summed E-state index contributed by atoms with van der Waals surface area (Å²) in [5.41, 5.74) is 6.00. The molecule has 42 valence electrons. The quantitative estimate of drug-likeness (QED) is 0.521. The van der Waals surface area contributed by atoms with Gasteiger partial charge in [-0.2, -0.15) is 0 Å². The SMILES string of the molecule is CC1(C)C[C@@H]1CN. The molecule has 1 nitrogen and oxygen atoms in total. The molecule has 1 aliphatic rings. The van der Waals surface area contributed by atoms with Gasteiger partial charge in [0.2, 0.25) is 0 Å². The van der Waals surface area contributed by atoms with E-state index in [0.717, 1.165) is 12.5 Å². The highest BCUT2D eigenvalue weighted by Gasteiger charge is 2.43. The van der Waals surface area contributed by atoms with Crippen molar-refractivity contribution < 1.29 is 0 Å². The van der Waals surface area contributed by atoms with Crippen LogP contribution in [0.4, 0.5) is 0 Å². The van der Waals surface area contributed by atoms with Crippen molar-refractivity contribution in [2.24, 2.45) is 17.1 Å². The van der Waals surface area contributed by atoms with Gasteiger partial charge in [0, 0.05) is 0 Å². The summed E-state index contributed by atoms with van der Waals surface area (Å²) in [7, 11) is 0. The molecule has 1 rings (SSSR count). The Morgan fingerprint density at radius 3 is 2.14 bits per heavy atom. The van der Waals surface area contributed by atoms with Crippen LogP contribution in [0, 0.1) is 11.3 Å². The molecule has 1 heteroatoms. The van der Waals surface area contributed by atoms with Gasteiger partial charge in [-0.25, -0.2) is 0 Å². The number of hydrogen-bond acceptors (Lipinski definition) is 1. The first-order chi connectivity index (χ1) is 3.17. The first-order valence-electron chi connectivity index (χ1n) is 2.87. The second-order valence-electron chi connectivity index (χ2n) is 3.13. The lowest BCUT2D eigenvalue weighted by molar-refractivity contribution is 0.565. The summed E-state index contributed by atoms with van der Waals surface area (Å²) in [6.07, 6.45) is 1.34. The fourth-order valence-corrected chi connectivity index (χ4v) is 0.979. The summed E-state index contributed by atoms with van der Waals surface area (Å²) < 4.78 is 0. The average molecular weight is 99.2 g/mol. The lowest BCUT2D eigenvalue weighted by Crippen LogP contribution is -2.04. The predicted molar refractivity (Wildman–Crippen MR) is 30.9 cm³/mol. The molecule has 0 unspecified atom stereocenters. The molecule has 0 aliphatic heterocycles. The molecule has 0 aromatic carbocycles. The fourth-order valence-electron chi connectivity index (χ4n) is 0.979. The van der Waals surface area contributed by atoms with E-state index in [2.05, 4.69) is 13.8 Å². The zero-order chi connectivity index (χ0) is 5.49. The Labute approximate surface area is 44.9 Å². The normalized spacial score (nSPS) is 35.6. The Bertz CT molecular complexity index is 76.2. The van der Waals surface area contributed by atoms with Gasteiger partial charge in [0.1, 0.15) is 0 Å². The van der Waals surface area contributed by atoms with E-state index in [1.165, 1.54) is 6.42 Å². The summed E-state index contributed by atoms with van der Waals surface area (Å²) in [4.78, 5) is 0. The molecular formula is C6H13N. The first-order valence-corrected chi connectivity index (χ1v) is 2.87. The van der Waals surface area contributed by atoms with E-state index in [1.54, 1.807) is 0 Å². The van der Waals surface area contributed by atoms with Gasteiger partial charge in [0.25, 0.3) is 0 Å². The third-order valence-electron chi connectivity index (χ3n) is 2.00. The van der Waals surface area contributed by atoms with E-state index >= 15 is 0 Å². The Kier molecular flexibility index (Phi) is 0.890. The predicted octanol–water partition coefficient (Wildman–Crippen LogP) is 0.991. The maximum Gasteiger partial charge on any atom is -0.00436 e. The molecule has 0 heterocycles. The highest BCUT2D eigenvalue weighted by molar-refractivity contribution is 4.95. The highest BCUT2D eigenvalue weighted by atomic mass is 14.6. The van der Waals surface area contributed by atoms with Gasteiger partial charge in [-0.15, -0.1) is 0 Å². The van der Waals surface area contributed by atoms with Gasteiger partial charge in [0.05, 0.1) is 0 Å². The fraction of sp³-hybridized carbons (Fsp3) is 1.00. The Morgan fingerprint density at radius 1 is 1.71 bits per heavy atom. The summed E-state index contributed by atoms with van der Waals surface area (Å²) >= 11 is 0. The molecule has 1 saturated carbocycles. The van der Waals surface area contributed by atoms with Gasteiger partial charge in [0.15, 0.2) is 0 Å². The van der Waals surface area contributed by atoms with Crippen LogP contribution in [-0.2, 0) is 0 Å². The molecule has 0 amide bonds. The van der Waals surface area contributed by atoms with Gasteiger partial charge < -0.3 is 5.73 Å². The zero-order valence-corrected chi connectivity index (χ0v) is 5.07. The Hall–Kier alpha value is -0.0400. The largest absolute Gasteiger partial charge is 0.330 e. The molecular weight excluding hydrogens is 86.1 g/mol. The van der Waals surface area contributed by atoms with Crippen molar-refractivity contribution in [3.63, 3.8) is 0 Å². The summed E-state index contributed by atoms with van der Waals surface area (Å²) in [6.45, 7) is 5.42. The van der Waals surface area contributed by atoms with Crippen LogP contribution in [0.2, 0.25) is 0 Å². The van der Waals surface area contributed by atoms with E-state index in [4.69, 9.17) is 5.73 Å². The lowest BCUT2D eigenvalue weighted by atomic mass is 10.1. The maximum atomic E-state index is 5.41. The molecule has 0 aromatic heterocycles. The monoisotopic (exact) mass is 99.1 g/mol. The summed E-state index contributed by atoms with van der Waals surface area (Å²) in [6, 6.07) is 0. The number of nitrogens with two attached hydrogens (primary N) is 1. The van der Waals surface area contributed by atoms with Crippen LogP contribution in [-0.4, -0.2) is 6.54 Å². The van der Waals surface area contributed by atoms with Crippen molar-refractivity contribution in [2.75, 3.05) is 6.54 Å². The van der Waals surface area contributed by atoms with Crippen LogP contribution >= 0.6 is 0 Å². The van der Waals surface area contributed by atoms with Gasteiger partial charge >= 0.3 is 0 Å². The second-order valence-corrected chi connectivity index (χ2v) is 3.13. The first kappa shape index (κ1) is 5.10. The van der Waals surface area contributed by atoms with Crippen LogP contribution in [0.5, 0.6) is 0 Å². The lowest BCUT2D eigenvalue weighted by Gasteiger charge is -1.95. The Balaban J connectivity index is 2.30. The number of rotatable bonds is 1. The average Bonchev–Trinajstić information content (AvgIpc) is 2.13. The third-order valence-corrected chi connectivity index (χ3v) is 2.00. The maximum absolute atomic E-state index is 5.41. The van der Waals surface area contributed by atoms with Crippen molar-refractivity contribution in [1.29, 1.82) is 0 Å². The molecule has 1 fully saturated rings. The molecule has 0 radical (unpaired) electrons. The molecule has 0 saturated heterocycles. The Morgan fingerprint density at radius 2 is 2.14 bits per heavy atom. The van der Waals surface area contributed by atoms with Gasteiger partial charge in [-0.1, -0.05) is 13.8 Å².